The molecular formula is C105H248N8O2. The lowest BCUT2D eigenvalue weighted by molar-refractivity contribution is -0.197. The molecule has 0 radical (unpaired) electrons. The zero-order chi connectivity index (χ0) is 80.4. The third-order valence-corrected chi connectivity index (χ3v) is 17.6. The first-order chi connectivity index (χ1) is 46.4. The highest BCUT2D eigenvalue weighted by atomic mass is 16.7. The first-order valence-electron chi connectivity index (χ1n) is 43.5. The Bertz CT molecular complexity index is 1670. The van der Waals surface area contributed by atoms with Crippen molar-refractivity contribution >= 4 is 0 Å². The zero-order valence-electron chi connectivity index (χ0n) is 77.9. The van der Waals surface area contributed by atoms with Gasteiger partial charge >= 0.3 is 0 Å². The molecule has 115 heavy (non-hydrogen) atoms. The van der Waals surface area contributed by atoms with Crippen LogP contribution in [0.2, 0.25) is 0 Å². The van der Waals surface area contributed by atoms with Gasteiger partial charge in [0.25, 0.3) is 0 Å². The molecule has 720 valence electrons. The molecule has 6 aliphatic heterocycles. The molecule has 0 aromatic heterocycles. The van der Waals surface area contributed by atoms with Crippen LogP contribution in [0, 0.1) is 83.2 Å². The van der Waals surface area contributed by atoms with Crippen molar-refractivity contribution in [1.82, 2.24) is 30.7 Å². The fourth-order valence-corrected chi connectivity index (χ4v) is 14.3. The second kappa shape index (κ2) is 73.9. The number of nitrogens with two attached hydrogens (primary N) is 2. The standard InChI is InChI=1S/C11H22.C10H22N2.2C10H21N.C10H20.C9H20N2.C9H19NO2.C9H19N.3C5H12.12CH4/c1-11(2,3)9-10-7-5-4-6-8-10;1-10(2,3)8-12-6-4-9(11)5-7-12;1-10(2,3)8-9-4-6-11-7-5-9;1-10(2,3)9-11-7-5-4-6-8-11;1-10(2,3)8-9-6-4-5-7-9;1-9(2,3)8-11-6-4-10-5-7-11;1-9(2,3)4-8-11-5-7(10)6-12-8;1-9(2,3)6-8-4-5-10-7-8;3*1-5(2,3)4;;;;;;;;;;;;/h10H,4-9H2,1-3H3;9H,4-8,11H2,1-3H3;9,11H,4-8H2,1-3H3;4-9H2,1-3H3;9H,4-8H2,1-3H3;10H,4-8H2,1-3H3;7-8H,4-6,10H2,1-3H3;8,10H,4-7H2,1-3H3;3*1-4H3;12*1H4. The zero-order valence-corrected chi connectivity index (χ0v) is 77.9. The minimum Gasteiger partial charge on any atom is -0.351 e. The van der Waals surface area contributed by atoms with E-state index in [1.807, 2.05) is 0 Å². The van der Waals surface area contributed by atoms with Gasteiger partial charge in [0.1, 0.15) is 0 Å². The minimum atomic E-state index is -0.0511. The average molecular weight is 1660 g/mol. The number of nitrogens with zero attached hydrogens (tertiary/aromatic N) is 3. The molecule has 2 saturated carbocycles. The van der Waals surface area contributed by atoms with Crippen molar-refractivity contribution in [3.63, 3.8) is 0 Å². The van der Waals surface area contributed by atoms with Crippen LogP contribution in [0.5, 0.6) is 0 Å². The van der Waals surface area contributed by atoms with Crippen LogP contribution in [-0.2, 0) is 9.47 Å². The van der Waals surface area contributed by atoms with Gasteiger partial charge in [-0.25, -0.2) is 0 Å². The number of likely N-dealkylation sites (tertiary alicyclic amines) is 2. The number of piperidine rings is 3. The van der Waals surface area contributed by atoms with E-state index in [-0.39, 0.29) is 107 Å². The molecular weight excluding hydrogens is 1410 g/mol. The maximum absolute atomic E-state index is 5.83. The third-order valence-electron chi connectivity index (χ3n) is 17.6. The quantitative estimate of drug-likeness (QED) is 0.161. The number of hydrogen-bond donors (Lipinski definition) is 5. The van der Waals surface area contributed by atoms with Gasteiger partial charge in [0.15, 0.2) is 6.29 Å². The second-order valence-electron chi connectivity index (χ2n) is 48.0. The van der Waals surface area contributed by atoms with Crippen LogP contribution < -0.4 is 27.4 Å². The smallest absolute Gasteiger partial charge is 0.158 e. The average Bonchev–Trinajstić information content (AvgIpc) is 1.60. The summed E-state index contributed by atoms with van der Waals surface area (Å²) >= 11 is 0. The van der Waals surface area contributed by atoms with E-state index < -0.39 is 0 Å². The lowest BCUT2D eigenvalue weighted by Crippen LogP contribution is -2.46. The van der Waals surface area contributed by atoms with Gasteiger partial charge in [-0.3, -0.25) is 0 Å². The lowest BCUT2D eigenvalue weighted by atomic mass is 9.78. The van der Waals surface area contributed by atoms with Crippen LogP contribution in [0.4, 0.5) is 0 Å². The summed E-state index contributed by atoms with van der Waals surface area (Å²) in [6.45, 7) is 101. The molecule has 0 bridgehead atoms. The molecule has 1 atom stereocenters. The van der Waals surface area contributed by atoms with Gasteiger partial charge in [0.2, 0.25) is 0 Å². The van der Waals surface area contributed by atoms with Crippen LogP contribution in [0.25, 0.3) is 0 Å². The molecule has 6 heterocycles. The number of ether oxygens (including phenoxy) is 2. The summed E-state index contributed by atoms with van der Waals surface area (Å²) in [5, 5.41) is 10.2. The van der Waals surface area contributed by atoms with Crippen LogP contribution in [-0.4, -0.2) is 144 Å². The highest BCUT2D eigenvalue weighted by Crippen LogP contribution is 2.36. The first kappa shape index (κ1) is 149. The van der Waals surface area contributed by atoms with E-state index in [4.69, 9.17) is 20.9 Å². The van der Waals surface area contributed by atoms with E-state index in [9.17, 15) is 0 Å². The van der Waals surface area contributed by atoms with Gasteiger partial charge in [-0.05, 0) is 206 Å². The summed E-state index contributed by atoms with van der Waals surface area (Å²) in [6.07, 6.45) is 30.7. The van der Waals surface area contributed by atoms with Crippen LogP contribution in [0.1, 0.15) is 480 Å². The molecule has 7 N–H and O–H groups in total. The predicted octanol–water partition coefficient (Wildman–Crippen LogP) is 31.9. The molecule has 6 saturated heterocycles. The minimum absolute atomic E-state index is 0. The monoisotopic (exact) mass is 1650 g/mol. The lowest BCUT2D eigenvalue weighted by Gasteiger charge is -2.34. The number of rotatable bonds is 8. The van der Waals surface area contributed by atoms with E-state index in [0.717, 1.165) is 43.2 Å². The number of nitrogens with one attached hydrogen (secondary N) is 3. The Morgan fingerprint density at radius 2 is 0.478 bits per heavy atom. The van der Waals surface area contributed by atoms with Crippen LogP contribution >= 0.6 is 0 Å². The molecule has 8 fully saturated rings. The van der Waals surface area contributed by atoms with Gasteiger partial charge in [-0.2, -0.15) is 0 Å². The largest absolute Gasteiger partial charge is 0.351 e. The molecule has 0 spiro atoms. The van der Waals surface area contributed by atoms with Crippen molar-refractivity contribution in [3.05, 3.63) is 0 Å². The fraction of sp³-hybridized carbons (Fsp3) is 1.00. The topological polar surface area (TPSA) is 116 Å². The second-order valence-corrected chi connectivity index (χ2v) is 48.0. The molecule has 2 aliphatic carbocycles. The van der Waals surface area contributed by atoms with Crippen molar-refractivity contribution in [1.29, 1.82) is 0 Å². The molecule has 0 aromatic carbocycles. The van der Waals surface area contributed by atoms with Crippen molar-refractivity contribution in [3.8, 4) is 0 Å². The Hall–Kier alpha value is -0.400. The van der Waals surface area contributed by atoms with E-state index in [2.05, 4.69) is 280 Å². The normalized spacial score (nSPS) is 20.0. The molecule has 0 amide bonds. The highest BCUT2D eigenvalue weighted by Gasteiger charge is 2.28. The Balaban J connectivity index is -0.0000000735. The van der Waals surface area contributed by atoms with E-state index in [1.165, 1.54) is 220 Å². The molecule has 8 aliphatic rings. The molecule has 10 heteroatoms. The van der Waals surface area contributed by atoms with E-state index in [0.29, 0.717) is 73.4 Å². The summed E-state index contributed by atoms with van der Waals surface area (Å²) in [6, 6.07) is 0.516. The molecule has 10 nitrogen and oxygen atoms in total. The van der Waals surface area contributed by atoms with Crippen LogP contribution in [0.3, 0.4) is 0 Å². The maximum Gasteiger partial charge on any atom is 0.158 e. The Morgan fingerprint density at radius 3 is 0.757 bits per heavy atom. The summed E-state index contributed by atoms with van der Waals surface area (Å²) in [7, 11) is 0. The maximum atomic E-state index is 5.83. The highest BCUT2D eigenvalue weighted by molar-refractivity contribution is 4.81. The van der Waals surface area contributed by atoms with E-state index >= 15 is 0 Å². The van der Waals surface area contributed by atoms with Crippen LogP contribution in [0.15, 0.2) is 0 Å². The van der Waals surface area contributed by atoms with Gasteiger partial charge in [0.05, 0.1) is 19.3 Å². The van der Waals surface area contributed by atoms with Crippen molar-refractivity contribution < 1.29 is 9.47 Å². The Labute approximate surface area is 740 Å². The molecule has 1 unspecified atom stereocenters. The first-order valence-corrected chi connectivity index (χ1v) is 43.5. The Kier molecular flexibility index (Phi) is 95.8. The SMILES string of the molecule is C.C.C.C.C.C.C.C.C.C.C.C.CC(C)(C)C.CC(C)(C)C.CC(C)(C)C.CC(C)(C)CC1CCCC1.CC(C)(C)CC1CCCCC1.CC(C)(C)CC1CCNC1.CC(C)(C)CC1CCNCC1.CC(C)(C)CC1OCC(N)CO1.CC(C)(C)CN1CCC(N)CC1.CC(C)(C)CN1CCCCC1.CC(C)(C)CN1CCNCC1. The summed E-state index contributed by atoms with van der Waals surface area (Å²) < 4.78 is 10.8. The molecule has 0 aromatic rings. The summed E-state index contributed by atoms with van der Waals surface area (Å²) in [5.74, 6) is 4.03. The van der Waals surface area contributed by atoms with Gasteiger partial charge in [-0.15, -0.1) is 0 Å². The van der Waals surface area contributed by atoms with Gasteiger partial charge < -0.3 is 51.6 Å². The Morgan fingerprint density at radius 1 is 0.243 bits per heavy atom. The van der Waals surface area contributed by atoms with Gasteiger partial charge in [-0.1, -0.05) is 403 Å². The summed E-state index contributed by atoms with van der Waals surface area (Å²) in [4.78, 5) is 7.67. The molecule has 8 rings (SSSR count). The summed E-state index contributed by atoms with van der Waals surface area (Å²) in [5.41, 5.74) is 16.7. The predicted molar refractivity (Wildman–Crippen MR) is 547 cm³/mol. The van der Waals surface area contributed by atoms with Crippen molar-refractivity contribution in [2.45, 2.75) is 498 Å². The van der Waals surface area contributed by atoms with Gasteiger partial charge in [0, 0.05) is 58.3 Å². The third kappa shape index (κ3) is 127. The number of hydrogen-bond acceptors (Lipinski definition) is 10. The van der Waals surface area contributed by atoms with E-state index in [1.54, 1.807) is 0 Å². The van der Waals surface area contributed by atoms with Crippen molar-refractivity contribution in [2.75, 3.05) is 111 Å². The van der Waals surface area contributed by atoms with Crippen molar-refractivity contribution in [2.24, 2.45) is 94.7 Å². The number of piperazine rings is 1. The fourth-order valence-electron chi connectivity index (χ4n) is 14.3.